The fourth-order valence-corrected chi connectivity index (χ4v) is 5.31. The maximum absolute atomic E-state index is 13.0. The van der Waals surface area contributed by atoms with E-state index in [9.17, 15) is 4.79 Å². The standard InChI is InChI=1S/C22H20ClN5OS/c23-19-15-6-2-4-8-17(15)30-20(19)22(29)28-11-9-27(10-12-28)13-18-25-16-7-3-1-5-14(16)21(24)26-18/h1-8H,9-13H2,(H2,24,25,26). The minimum absolute atomic E-state index is 0.00653. The summed E-state index contributed by atoms with van der Waals surface area (Å²) in [4.78, 5) is 26.9. The van der Waals surface area contributed by atoms with Crippen LogP contribution in [0.5, 0.6) is 0 Å². The van der Waals surface area contributed by atoms with Gasteiger partial charge in [-0.3, -0.25) is 9.69 Å². The molecular weight excluding hydrogens is 418 g/mol. The highest BCUT2D eigenvalue weighted by Gasteiger charge is 2.26. The number of nitrogens with two attached hydrogens (primary N) is 1. The zero-order valence-electron chi connectivity index (χ0n) is 16.2. The highest BCUT2D eigenvalue weighted by molar-refractivity contribution is 7.21. The fraction of sp³-hybridized carbons (Fsp3) is 0.227. The van der Waals surface area contributed by atoms with Gasteiger partial charge in [-0.25, -0.2) is 9.97 Å². The number of fused-ring (bicyclic) bond motifs is 2. The average molecular weight is 438 g/mol. The number of para-hydroxylation sites is 1. The first kappa shape index (κ1) is 19.2. The maximum atomic E-state index is 13.0. The molecule has 0 bridgehead atoms. The number of rotatable bonds is 3. The summed E-state index contributed by atoms with van der Waals surface area (Å²) in [6.45, 7) is 3.41. The lowest BCUT2D eigenvalue weighted by Gasteiger charge is -2.34. The zero-order chi connectivity index (χ0) is 20.7. The Bertz CT molecular complexity index is 1250. The second-order valence-electron chi connectivity index (χ2n) is 7.35. The third-order valence-corrected chi connectivity index (χ3v) is 7.10. The van der Waals surface area contributed by atoms with Gasteiger partial charge in [-0.2, -0.15) is 0 Å². The maximum Gasteiger partial charge on any atom is 0.265 e. The summed E-state index contributed by atoms with van der Waals surface area (Å²) >= 11 is 7.95. The van der Waals surface area contributed by atoms with Crippen molar-refractivity contribution in [2.75, 3.05) is 31.9 Å². The first-order valence-electron chi connectivity index (χ1n) is 9.80. The summed E-state index contributed by atoms with van der Waals surface area (Å²) < 4.78 is 1.04. The number of carbonyl (C=O) groups excluding carboxylic acids is 1. The van der Waals surface area contributed by atoms with Crippen molar-refractivity contribution in [2.45, 2.75) is 6.54 Å². The van der Waals surface area contributed by atoms with Crippen molar-refractivity contribution in [1.82, 2.24) is 19.8 Å². The van der Waals surface area contributed by atoms with Crippen molar-refractivity contribution in [3.05, 3.63) is 64.3 Å². The van der Waals surface area contributed by atoms with Gasteiger partial charge in [0.05, 0.1) is 17.1 Å². The summed E-state index contributed by atoms with van der Waals surface area (Å²) in [6, 6.07) is 15.6. The quantitative estimate of drug-likeness (QED) is 0.523. The second-order valence-corrected chi connectivity index (χ2v) is 8.78. The van der Waals surface area contributed by atoms with Crippen LogP contribution in [0.3, 0.4) is 0 Å². The van der Waals surface area contributed by atoms with Crippen LogP contribution in [0.1, 0.15) is 15.5 Å². The van der Waals surface area contributed by atoms with Gasteiger partial charge in [0.25, 0.3) is 5.91 Å². The van der Waals surface area contributed by atoms with Gasteiger partial charge in [-0.15, -0.1) is 11.3 Å². The number of halogens is 1. The van der Waals surface area contributed by atoms with Crippen molar-refractivity contribution in [3.63, 3.8) is 0 Å². The molecule has 2 aromatic carbocycles. The van der Waals surface area contributed by atoms with Gasteiger partial charge in [0, 0.05) is 41.7 Å². The van der Waals surface area contributed by atoms with Gasteiger partial charge < -0.3 is 10.6 Å². The smallest absolute Gasteiger partial charge is 0.265 e. The van der Waals surface area contributed by atoms with Gasteiger partial charge in [-0.1, -0.05) is 41.9 Å². The predicted octanol–water partition coefficient (Wildman–Crippen LogP) is 4.04. The van der Waals surface area contributed by atoms with Gasteiger partial charge in [0.2, 0.25) is 0 Å². The number of hydrogen-bond donors (Lipinski definition) is 1. The molecule has 1 aliphatic heterocycles. The van der Waals surface area contributed by atoms with Gasteiger partial charge in [0.1, 0.15) is 16.5 Å². The molecule has 4 aromatic rings. The topological polar surface area (TPSA) is 75.3 Å². The SMILES string of the molecule is Nc1nc(CN2CCN(C(=O)c3sc4ccccc4c3Cl)CC2)nc2ccccc12. The molecule has 1 amide bonds. The minimum Gasteiger partial charge on any atom is -0.383 e. The molecule has 0 saturated carbocycles. The van der Waals surface area contributed by atoms with E-state index in [-0.39, 0.29) is 5.91 Å². The molecule has 30 heavy (non-hydrogen) atoms. The molecule has 0 atom stereocenters. The molecule has 0 unspecified atom stereocenters. The molecule has 0 radical (unpaired) electrons. The summed E-state index contributed by atoms with van der Waals surface area (Å²) in [6.07, 6.45) is 0. The molecule has 5 rings (SSSR count). The average Bonchev–Trinajstić information content (AvgIpc) is 3.11. The number of hydrogen-bond acceptors (Lipinski definition) is 6. The van der Waals surface area contributed by atoms with Gasteiger partial charge in [-0.05, 0) is 18.2 Å². The van der Waals surface area contributed by atoms with E-state index in [4.69, 9.17) is 17.3 Å². The Morgan fingerprint density at radius 2 is 1.70 bits per heavy atom. The second kappa shape index (κ2) is 7.83. The number of benzene rings is 2. The van der Waals surface area contributed by atoms with Crippen LogP contribution in [-0.2, 0) is 6.54 Å². The van der Waals surface area contributed by atoms with E-state index in [0.29, 0.717) is 41.2 Å². The molecule has 8 heteroatoms. The minimum atomic E-state index is 0.00653. The first-order valence-corrected chi connectivity index (χ1v) is 11.0. The number of nitrogen functional groups attached to an aromatic ring is 1. The molecular formula is C22H20ClN5OS. The van der Waals surface area contributed by atoms with E-state index in [2.05, 4.69) is 14.9 Å². The van der Waals surface area contributed by atoms with Gasteiger partial charge >= 0.3 is 0 Å². The number of piperazine rings is 1. The summed E-state index contributed by atoms with van der Waals surface area (Å²) in [5.74, 6) is 1.22. The molecule has 1 aliphatic rings. The van der Waals surface area contributed by atoms with Crippen molar-refractivity contribution in [3.8, 4) is 0 Å². The summed E-state index contributed by atoms with van der Waals surface area (Å²) in [7, 11) is 0. The fourth-order valence-electron chi connectivity index (χ4n) is 3.83. The van der Waals surface area contributed by atoms with E-state index in [1.54, 1.807) is 0 Å². The number of aromatic nitrogens is 2. The van der Waals surface area contributed by atoms with Crippen molar-refractivity contribution in [1.29, 1.82) is 0 Å². The van der Waals surface area contributed by atoms with Crippen LogP contribution in [0, 0.1) is 0 Å². The number of carbonyl (C=O) groups is 1. The highest BCUT2D eigenvalue weighted by Crippen LogP contribution is 2.36. The number of anilines is 1. The lowest BCUT2D eigenvalue weighted by molar-refractivity contribution is 0.0630. The summed E-state index contributed by atoms with van der Waals surface area (Å²) in [5, 5.41) is 2.37. The van der Waals surface area contributed by atoms with Crippen LogP contribution in [-0.4, -0.2) is 51.9 Å². The van der Waals surface area contributed by atoms with E-state index < -0.39 is 0 Å². The van der Waals surface area contributed by atoms with Crippen LogP contribution >= 0.6 is 22.9 Å². The van der Waals surface area contributed by atoms with Crippen molar-refractivity contribution in [2.24, 2.45) is 0 Å². The van der Waals surface area contributed by atoms with Gasteiger partial charge in [0.15, 0.2) is 0 Å². The molecule has 1 saturated heterocycles. The molecule has 0 spiro atoms. The molecule has 2 aromatic heterocycles. The number of amides is 1. The Hall–Kier alpha value is -2.74. The zero-order valence-corrected chi connectivity index (χ0v) is 17.8. The third kappa shape index (κ3) is 3.49. The lowest BCUT2D eigenvalue weighted by atomic mass is 10.2. The molecule has 1 fully saturated rings. The van der Waals surface area contributed by atoms with Crippen LogP contribution in [0.25, 0.3) is 21.0 Å². The Kier molecular flexibility index (Phi) is 5.02. The van der Waals surface area contributed by atoms with Crippen LogP contribution in [0.15, 0.2) is 48.5 Å². The Morgan fingerprint density at radius 1 is 1.00 bits per heavy atom. The van der Waals surface area contributed by atoms with Crippen LogP contribution in [0.2, 0.25) is 5.02 Å². The molecule has 0 aliphatic carbocycles. The largest absolute Gasteiger partial charge is 0.383 e. The highest BCUT2D eigenvalue weighted by atomic mass is 35.5. The molecule has 6 nitrogen and oxygen atoms in total. The van der Waals surface area contributed by atoms with Crippen LogP contribution in [0.4, 0.5) is 5.82 Å². The van der Waals surface area contributed by atoms with E-state index in [1.807, 2.05) is 53.4 Å². The molecule has 3 heterocycles. The Morgan fingerprint density at radius 3 is 2.47 bits per heavy atom. The number of thiophene rings is 1. The van der Waals surface area contributed by atoms with Crippen molar-refractivity contribution >= 4 is 55.7 Å². The summed E-state index contributed by atoms with van der Waals surface area (Å²) in [5.41, 5.74) is 6.96. The normalized spacial score (nSPS) is 15.2. The number of nitrogens with zero attached hydrogens (tertiary/aromatic N) is 4. The van der Waals surface area contributed by atoms with E-state index >= 15 is 0 Å². The van der Waals surface area contributed by atoms with Crippen molar-refractivity contribution < 1.29 is 4.79 Å². The predicted molar refractivity (Wildman–Crippen MR) is 122 cm³/mol. The molecule has 2 N–H and O–H groups in total. The van der Waals surface area contributed by atoms with E-state index in [0.717, 1.165) is 34.1 Å². The molecule has 152 valence electrons. The Labute approximate surface area is 182 Å². The third-order valence-electron chi connectivity index (χ3n) is 5.43. The lowest BCUT2D eigenvalue weighted by Crippen LogP contribution is -2.48. The Balaban J connectivity index is 1.27. The monoisotopic (exact) mass is 437 g/mol. The first-order chi connectivity index (χ1) is 14.6. The van der Waals surface area contributed by atoms with E-state index in [1.165, 1.54) is 11.3 Å². The van der Waals surface area contributed by atoms with Crippen LogP contribution < -0.4 is 5.73 Å².